The standard InChI is InChI=1S/C20H21FN2O2/c21-18-8-4-7-17(13-18)19-14-22-20(25-19)15-23(11-12-24)10-9-16-5-2-1-3-6-16/h1-8,13-14,24H,9-12,15H2. The van der Waals surface area contributed by atoms with E-state index < -0.39 is 0 Å². The summed E-state index contributed by atoms with van der Waals surface area (Å²) in [7, 11) is 0. The van der Waals surface area contributed by atoms with E-state index >= 15 is 0 Å². The average molecular weight is 340 g/mol. The molecular formula is C20H21FN2O2. The van der Waals surface area contributed by atoms with Crippen LogP contribution in [0.25, 0.3) is 11.3 Å². The van der Waals surface area contributed by atoms with E-state index in [1.165, 1.54) is 17.7 Å². The first-order valence-electron chi connectivity index (χ1n) is 8.32. The van der Waals surface area contributed by atoms with Crippen molar-refractivity contribution in [2.45, 2.75) is 13.0 Å². The third-order valence-electron chi connectivity index (χ3n) is 4.00. The van der Waals surface area contributed by atoms with Crippen molar-refractivity contribution in [2.24, 2.45) is 0 Å². The molecule has 3 rings (SSSR count). The molecule has 0 bridgehead atoms. The first-order chi connectivity index (χ1) is 12.2. The van der Waals surface area contributed by atoms with E-state index in [2.05, 4.69) is 22.0 Å². The Kier molecular flexibility index (Phi) is 5.93. The molecule has 5 heteroatoms. The molecular weight excluding hydrogens is 319 g/mol. The summed E-state index contributed by atoms with van der Waals surface area (Å²) in [6, 6.07) is 16.5. The second-order valence-corrected chi connectivity index (χ2v) is 5.86. The van der Waals surface area contributed by atoms with Gasteiger partial charge in [-0.1, -0.05) is 42.5 Å². The summed E-state index contributed by atoms with van der Waals surface area (Å²) in [6.07, 6.45) is 2.50. The minimum absolute atomic E-state index is 0.0756. The zero-order valence-electron chi connectivity index (χ0n) is 13.9. The van der Waals surface area contributed by atoms with Gasteiger partial charge in [-0.25, -0.2) is 9.37 Å². The van der Waals surface area contributed by atoms with Crippen molar-refractivity contribution in [1.82, 2.24) is 9.88 Å². The van der Waals surface area contributed by atoms with Gasteiger partial charge in [0.25, 0.3) is 0 Å². The molecule has 2 aromatic carbocycles. The number of hydrogen-bond acceptors (Lipinski definition) is 4. The molecule has 3 aromatic rings. The van der Waals surface area contributed by atoms with Crippen LogP contribution in [-0.4, -0.2) is 34.7 Å². The van der Waals surface area contributed by atoms with Gasteiger partial charge in [-0.15, -0.1) is 0 Å². The third kappa shape index (κ3) is 4.98. The predicted octanol–water partition coefficient (Wildman–Crippen LogP) is 3.52. The molecule has 0 saturated carbocycles. The predicted molar refractivity (Wildman–Crippen MR) is 94.4 cm³/mol. The van der Waals surface area contributed by atoms with Gasteiger partial charge in [-0.2, -0.15) is 0 Å². The molecule has 0 aliphatic heterocycles. The summed E-state index contributed by atoms with van der Waals surface area (Å²) in [6.45, 7) is 1.92. The Labute approximate surface area is 146 Å². The fourth-order valence-corrected chi connectivity index (χ4v) is 2.69. The van der Waals surface area contributed by atoms with Gasteiger partial charge in [0.15, 0.2) is 5.76 Å². The Bertz CT molecular complexity index is 789. The van der Waals surface area contributed by atoms with Crippen molar-refractivity contribution in [3.8, 4) is 11.3 Å². The highest BCUT2D eigenvalue weighted by molar-refractivity contribution is 5.56. The highest BCUT2D eigenvalue weighted by Gasteiger charge is 2.12. The lowest BCUT2D eigenvalue weighted by atomic mass is 10.1. The minimum Gasteiger partial charge on any atom is -0.439 e. The Balaban J connectivity index is 1.64. The van der Waals surface area contributed by atoms with Crippen LogP contribution in [-0.2, 0) is 13.0 Å². The smallest absolute Gasteiger partial charge is 0.209 e. The van der Waals surface area contributed by atoms with Crippen LogP contribution in [0.4, 0.5) is 4.39 Å². The molecule has 0 spiro atoms. The van der Waals surface area contributed by atoms with Gasteiger partial charge >= 0.3 is 0 Å². The molecule has 0 amide bonds. The Morgan fingerprint density at radius 3 is 2.64 bits per heavy atom. The van der Waals surface area contributed by atoms with Gasteiger partial charge in [0.1, 0.15) is 5.82 Å². The van der Waals surface area contributed by atoms with E-state index in [1.54, 1.807) is 18.3 Å². The maximum absolute atomic E-state index is 13.3. The molecule has 0 unspecified atom stereocenters. The van der Waals surface area contributed by atoms with Gasteiger partial charge in [0, 0.05) is 18.7 Å². The first-order valence-corrected chi connectivity index (χ1v) is 8.32. The summed E-state index contributed by atoms with van der Waals surface area (Å²) >= 11 is 0. The number of hydrogen-bond donors (Lipinski definition) is 1. The highest BCUT2D eigenvalue weighted by atomic mass is 19.1. The monoisotopic (exact) mass is 340 g/mol. The number of oxazole rings is 1. The van der Waals surface area contributed by atoms with E-state index in [0.29, 0.717) is 30.3 Å². The molecule has 0 fully saturated rings. The lowest BCUT2D eigenvalue weighted by Gasteiger charge is -2.19. The lowest BCUT2D eigenvalue weighted by molar-refractivity contribution is 0.180. The topological polar surface area (TPSA) is 49.5 Å². The van der Waals surface area contributed by atoms with Crippen LogP contribution in [0.2, 0.25) is 0 Å². The third-order valence-corrected chi connectivity index (χ3v) is 4.00. The second-order valence-electron chi connectivity index (χ2n) is 5.86. The van der Waals surface area contributed by atoms with Crippen molar-refractivity contribution < 1.29 is 13.9 Å². The Morgan fingerprint density at radius 2 is 1.88 bits per heavy atom. The molecule has 0 aliphatic rings. The maximum atomic E-state index is 13.3. The van der Waals surface area contributed by atoms with Crippen molar-refractivity contribution in [2.75, 3.05) is 19.7 Å². The van der Waals surface area contributed by atoms with Crippen molar-refractivity contribution in [1.29, 1.82) is 0 Å². The largest absolute Gasteiger partial charge is 0.439 e. The fraction of sp³-hybridized carbons (Fsp3) is 0.250. The average Bonchev–Trinajstić information content (AvgIpc) is 3.09. The van der Waals surface area contributed by atoms with E-state index in [1.807, 2.05) is 18.2 Å². The normalized spacial score (nSPS) is 11.2. The molecule has 0 saturated heterocycles. The van der Waals surface area contributed by atoms with E-state index in [-0.39, 0.29) is 12.4 Å². The highest BCUT2D eigenvalue weighted by Crippen LogP contribution is 2.21. The molecule has 0 radical (unpaired) electrons. The summed E-state index contributed by atoms with van der Waals surface area (Å²) in [4.78, 5) is 6.38. The second kappa shape index (κ2) is 8.55. The molecule has 130 valence electrons. The lowest BCUT2D eigenvalue weighted by Crippen LogP contribution is -2.28. The summed E-state index contributed by atoms with van der Waals surface area (Å²) < 4.78 is 19.1. The number of benzene rings is 2. The van der Waals surface area contributed by atoms with E-state index in [4.69, 9.17) is 4.42 Å². The molecule has 0 atom stereocenters. The van der Waals surface area contributed by atoms with Crippen molar-refractivity contribution in [3.63, 3.8) is 0 Å². The van der Waals surface area contributed by atoms with E-state index in [9.17, 15) is 9.50 Å². The number of aliphatic hydroxyl groups is 1. The number of halogens is 1. The van der Waals surface area contributed by atoms with Crippen LogP contribution in [0.15, 0.2) is 65.2 Å². The molecule has 0 aliphatic carbocycles. The number of nitrogens with zero attached hydrogens (tertiary/aromatic N) is 2. The Morgan fingerprint density at radius 1 is 1.04 bits per heavy atom. The SMILES string of the molecule is OCCN(CCc1ccccc1)Cc1ncc(-c2cccc(F)c2)o1. The zero-order valence-corrected chi connectivity index (χ0v) is 13.9. The van der Waals surface area contributed by atoms with E-state index in [0.717, 1.165) is 13.0 Å². The summed E-state index contributed by atoms with van der Waals surface area (Å²) in [5.74, 6) is 0.794. The minimum atomic E-state index is -0.305. The van der Waals surface area contributed by atoms with Crippen molar-refractivity contribution in [3.05, 3.63) is 78.1 Å². The number of aliphatic hydroxyl groups excluding tert-OH is 1. The van der Waals surface area contributed by atoms with Gasteiger partial charge in [-0.3, -0.25) is 4.90 Å². The fourth-order valence-electron chi connectivity index (χ4n) is 2.69. The molecule has 25 heavy (non-hydrogen) atoms. The summed E-state index contributed by atoms with van der Waals surface area (Å²) in [5, 5.41) is 9.29. The molecule has 1 aromatic heterocycles. The van der Waals surface area contributed by atoms with Gasteiger partial charge < -0.3 is 9.52 Å². The quantitative estimate of drug-likeness (QED) is 0.682. The Hall–Kier alpha value is -2.50. The number of aromatic nitrogens is 1. The van der Waals surface area contributed by atoms with Gasteiger partial charge in [0.2, 0.25) is 5.89 Å². The number of rotatable bonds is 8. The van der Waals surface area contributed by atoms with Gasteiger partial charge in [-0.05, 0) is 24.1 Å². The van der Waals surface area contributed by atoms with Crippen LogP contribution in [0, 0.1) is 5.82 Å². The van der Waals surface area contributed by atoms with Crippen LogP contribution in [0.3, 0.4) is 0 Å². The first kappa shape index (κ1) is 17.3. The maximum Gasteiger partial charge on any atom is 0.209 e. The van der Waals surface area contributed by atoms with Gasteiger partial charge in [0.05, 0.1) is 19.3 Å². The zero-order chi connectivity index (χ0) is 17.5. The molecule has 1 N–H and O–H groups in total. The summed E-state index contributed by atoms with van der Waals surface area (Å²) in [5.41, 5.74) is 1.91. The van der Waals surface area contributed by atoms with Crippen LogP contribution < -0.4 is 0 Å². The molecule has 1 heterocycles. The van der Waals surface area contributed by atoms with Crippen molar-refractivity contribution >= 4 is 0 Å². The van der Waals surface area contributed by atoms with Crippen LogP contribution >= 0.6 is 0 Å². The van der Waals surface area contributed by atoms with Crippen LogP contribution in [0.1, 0.15) is 11.5 Å². The van der Waals surface area contributed by atoms with Crippen LogP contribution in [0.5, 0.6) is 0 Å². The molecule has 4 nitrogen and oxygen atoms in total.